The average Bonchev–Trinajstić information content (AvgIpc) is 2.01. The van der Waals surface area contributed by atoms with Crippen LogP contribution in [0.3, 0.4) is 0 Å². The molecule has 0 aromatic rings. The molecule has 0 aromatic heterocycles. The highest BCUT2D eigenvalue weighted by Gasteiger charge is 2.10. The van der Waals surface area contributed by atoms with Crippen LogP contribution in [0.4, 0.5) is 0 Å². The van der Waals surface area contributed by atoms with Crippen LogP contribution in [0.5, 0.6) is 0 Å². The van der Waals surface area contributed by atoms with Crippen molar-refractivity contribution in [2.45, 2.75) is 20.8 Å². The van der Waals surface area contributed by atoms with E-state index in [1.54, 1.807) is 6.92 Å². The summed E-state index contributed by atoms with van der Waals surface area (Å²) in [5, 5.41) is 0. The monoisotopic (exact) mass is 220 g/mol. The third kappa shape index (κ3) is 5.71. The normalized spacial score (nSPS) is 13.9. The molecule has 0 rings (SSSR count). The zero-order valence-electron chi connectivity index (χ0n) is 8.40. The summed E-state index contributed by atoms with van der Waals surface area (Å²) in [4.78, 5) is 11.2. The molecule has 0 aliphatic heterocycles. The molecule has 0 aliphatic rings. The molecule has 0 heterocycles. The lowest BCUT2D eigenvalue weighted by Crippen LogP contribution is -2.24. The van der Waals surface area contributed by atoms with Crippen molar-refractivity contribution in [3.05, 3.63) is 11.8 Å². The molecule has 0 aromatic carbocycles. The SMILES string of the molecule is CCOC(=O)C(=CC(C)C)NS(=O)[O-]. The van der Waals surface area contributed by atoms with E-state index in [0.717, 1.165) is 0 Å². The topological polar surface area (TPSA) is 78.5 Å². The first-order valence-electron chi connectivity index (χ1n) is 4.22. The van der Waals surface area contributed by atoms with E-state index < -0.39 is 17.2 Å². The van der Waals surface area contributed by atoms with Gasteiger partial charge in [-0.25, -0.2) is 4.79 Å². The molecule has 0 bridgehead atoms. The fraction of sp³-hybridized carbons (Fsp3) is 0.625. The minimum atomic E-state index is -2.51. The van der Waals surface area contributed by atoms with Gasteiger partial charge in [-0.1, -0.05) is 19.9 Å². The van der Waals surface area contributed by atoms with Crippen LogP contribution in [0.2, 0.25) is 0 Å². The molecule has 1 unspecified atom stereocenters. The highest BCUT2D eigenvalue weighted by atomic mass is 32.2. The van der Waals surface area contributed by atoms with Crippen LogP contribution in [0.1, 0.15) is 20.8 Å². The van der Waals surface area contributed by atoms with Crippen LogP contribution >= 0.6 is 0 Å². The Morgan fingerprint density at radius 2 is 2.21 bits per heavy atom. The van der Waals surface area contributed by atoms with E-state index in [2.05, 4.69) is 4.74 Å². The second-order valence-electron chi connectivity index (χ2n) is 2.88. The molecular weight excluding hydrogens is 206 g/mol. The van der Waals surface area contributed by atoms with Crippen LogP contribution in [-0.2, 0) is 20.8 Å². The minimum absolute atomic E-state index is 0.0461. The molecule has 0 fully saturated rings. The summed E-state index contributed by atoms with van der Waals surface area (Å²) in [6.45, 7) is 5.52. The van der Waals surface area contributed by atoms with Crippen LogP contribution in [0.25, 0.3) is 0 Å². The lowest BCUT2D eigenvalue weighted by atomic mass is 10.2. The quantitative estimate of drug-likeness (QED) is 0.415. The molecule has 0 saturated carbocycles. The molecule has 0 amide bonds. The fourth-order valence-corrected chi connectivity index (χ4v) is 1.11. The van der Waals surface area contributed by atoms with Crippen molar-refractivity contribution in [1.82, 2.24) is 4.72 Å². The van der Waals surface area contributed by atoms with E-state index in [0.29, 0.717) is 0 Å². The standard InChI is InChI=1S/C8H15NO4S/c1-4-13-8(10)7(5-6(2)3)9-14(11)12/h5-6,9H,4H2,1-3H3,(H,11,12)/p-1. The number of allylic oxidation sites excluding steroid dienone is 1. The lowest BCUT2D eigenvalue weighted by molar-refractivity contribution is -0.138. The van der Waals surface area contributed by atoms with Crippen molar-refractivity contribution in [3.63, 3.8) is 0 Å². The Morgan fingerprint density at radius 3 is 2.57 bits per heavy atom. The maximum absolute atomic E-state index is 11.2. The zero-order chi connectivity index (χ0) is 11.1. The first kappa shape index (κ1) is 13.1. The van der Waals surface area contributed by atoms with E-state index in [9.17, 15) is 13.6 Å². The number of carbonyl (C=O) groups excluding carboxylic acids is 1. The summed E-state index contributed by atoms with van der Waals surface area (Å²) in [5.74, 6) is -0.601. The van der Waals surface area contributed by atoms with Gasteiger partial charge < -0.3 is 14.0 Å². The van der Waals surface area contributed by atoms with Gasteiger partial charge in [0.2, 0.25) is 0 Å². The number of nitrogens with one attached hydrogen (secondary N) is 1. The van der Waals surface area contributed by atoms with Crippen molar-refractivity contribution in [2.75, 3.05) is 6.61 Å². The first-order valence-corrected chi connectivity index (χ1v) is 5.29. The van der Waals surface area contributed by atoms with Crippen molar-refractivity contribution >= 4 is 17.2 Å². The molecule has 14 heavy (non-hydrogen) atoms. The molecule has 0 spiro atoms. The summed E-state index contributed by atoms with van der Waals surface area (Å²) in [6.07, 6.45) is 1.49. The summed E-state index contributed by atoms with van der Waals surface area (Å²) >= 11 is -2.51. The second-order valence-corrected chi connectivity index (χ2v) is 3.56. The maximum Gasteiger partial charge on any atom is 0.354 e. The van der Waals surface area contributed by atoms with Crippen LogP contribution in [0.15, 0.2) is 11.8 Å². The third-order valence-corrected chi connectivity index (χ3v) is 1.58. The second kappa shape index (κ2) is 6.56. The Hall–Kier alpha value is -0.880. The Labute approximate surface area is 85.9 Å². The van der Waals surface area contributed by atoms with Gasteiger partial charge in [-0.2, -0.15) is 0 Å². The van der Waals surface area contributed by atoms with Crippen molar-refractivity contribution in [1.29, 1.82) is 0 Å². The Balaban J connectivity index is 4.54. The van der Waals surface area contributed by atoms with Crippen LogP contribution in [0, 0.1) is 5.92 Å². The van der Waals surface area contributed by atoms with Crippen molar-refractivity contribution in [3.8, 4) is 0 Å². The van der Waals surface area contributed by atoms with Crippen LogP contribution < -0.4 is 4.72 Å². The van der Waals surface area contributed by atoms with E-state index in [1.807, 2.05) is 18.6 Å². The predicted octanol–water partition coefficient (Wildman–Crippen LogP) is 0.473. The van der Waals surface area contributed by atoms with E-state index in [4.69, 9.17) is 0 Å². The Morgan fingerprint density at radius 1 is 1.64 bits per heavy atom. The fourth-order valence-electron chi connectivity index (χ4n) is 0.776. The van der Waals surface area contributed by atoms with Gasteiger partial charge in [-0.3, -0.25) is 4.21 Å². The summed E-state index contributed by atoms with van der Waals surface area (Å²) in [6, 6.07) is 0. The third-order valence-electron chi connectivity index (χ3n) is 1.19. The average molecular weight is 220 g/mol. The van der Waals surface area contributed by atoms with Gasteiger partial charge in [0, 0.05) is 11.3 Å². The van der Waals surface area contributed by atoms with Gasteiger partial charge in [0.15, 0.2) is 0 Å². The van der Waals surface area contributed by atoms with Gasteiger partial charge in [-0.05, 0) is 12.8 Å². The lowest BCUT2D eigenvalue weighted by Gasteiger charge is -2.12. The number of hydrogen-bond acceptors (Lipinski definition) is 4. The number of ether oxygens (including phenoxy) is 1. The molecule has 1 atom stereocenters. The minimum Gasteiger partial charge on any atom is -0.755 e. The van der Waals surface area contributed by atoms with Gasteiger partial charge in [0.1, 0.15) is 5.70 Å². The molecule has 82 valence electrons. The molecule has 6 heteroatoms. The van der Waals surface area contributed by atoms with Gasteiger partial charge in [0.05, 0.1) is 6.61 Å². The van der Waals surface area contributed by atoms with Crippen LogP contribution in [-0.4, -0.2) is 21.3 Å². The number of rotatable bonds is 5. The maximum atomic E-state index is 11.2. The molecule has 0 radical (unpaired) electrons. The number of hydrogen-bond donors (Lipinski definition) is 1. The predicted molar refractivity (Wildman–Crippen MR) is 51.6 cm³/mol. The molecular formula is C8H14NO4S-. The first-order chi connectivity index (χ1) is 6.47. The van der Waals surface area contributed by atoms with E-state index in [1.165, 1.54) is 6.08 Å². The summed E-state index contributed by atoms with van der Waals surface area (Å²) < 4.78 is 27.3. The molecule has 5 nitrogen and oxygen atoms in total. The van der Waals surface area contributed by atoms with Crippen molar-refractivity contribution < 1.29 is 18.3 Å². The van der Waals surface area contributed by atoms with Gasteiger partial charge in [-0.15, -0.1) is 0 Å². The highest BCUT2D eigenvalue weighted by Crippen LogP contribution is 2.02. The Kier molecular flexibility index (Phi) is 6.14. The zero-order valence-corrected chi connectivity index (χ0v) is 9.22. The molecule has 1 N–H and O–H groups in total. The molecule has 0 aliphatic carbocycles. The summed E-state index contributed by atoms with van der Waals surface area (Å²) in [5.41, 5.74) is -0.0461. The smallest absolute Gasteiger partial charge is 0.354 e. The number of carbonyl (C=O) groups is 1. The summed E-state index contributed by atoms with van der Waals surface area (Å²) in [7, 11) is 0. The van der Waals surface area contributed by atoms with Crippen molar-refractivity contribution in [2.24, 2.45) is 5.92 Å². The van der Waals surface area contributed by atoms with E-state index in [-0.39, 0.29) is 18.2 Å². The largest absolute Gasteiger partial charge is 0.755 e. The Bertz CT molecular complexity index is 250. The molecule has 0 saturated heterocycles. The van der Waals surface area contributed by atoms with Gasteiger partial charge in [0.25, 0.3) is 0 Å². The van der Waals surface area contributed by atoms with Gasteiger partial charge >= 0.3 is 5.97 Å². The highest BCUT2D eigenvalue weighted by molar-refractivity contribution is 7.77. The van der Waals surface area contributed by atoms with E-state index >= 15 is 0 Å². The number of esters is 1.